The molecule has 0 saturated heterocycles. The van der Waals surface area contributed by atoms with Gasteiger partial charge in [0.25, 0.3) is 0 Å². The molecule has 0 heterocycles. The maximum absolute atomic E-state index is 5.16. The Morgan fingerprint density at radius 1 is 1.83 bits per heavy atom. The Balaban J connectivity index is 2.96. The monoisotopic (exact) mass is 81.1 g/mol. The molecule has 0 aliphatic heterocycles. The molecule has 0 aromatic heterocycles. The molecule has 0 nitrogen and oxygen atoms in total. The van der Waals surface area contributed by atoms with Crippen molar-refractivity contribution < 1.29 is 0 Å². The van der Waals surface area contributed by atoms with E-state index < -0.39 is 0 Å². The Morgan fingerprint density at radius 2 is 2.33 bits per heavy atom. The molecule has 1 atom stereocenters. The summed E-state index contributed by atoms with van der Waals surface area (Å²) in [5.74, 6) is 2.31. The zero-order chi connectivity index (χ0) is 4.99. The Bertz CT molecular complexity index is 41.2. The molecule has 0 aliphatic carbocycles. The van der Waals surface area contributed by atoms with Gasteiger partial charge in [-0.15, -0.1) is 0 Å². The summed E-state index contributed by atoms with van der Waals surface area (Å²) in [5, 5.41) is 0. The first-order chi connectivity index (χ1) is 2.81. The molecule has 0 unspecified atom stereocenters. The summed E-state index contributed by atoms with van der Waals surface area (Å²) >= 11 is 0. The molecule has 1 radical (unpaired) electrons. The number of hydrogen-bond donors (Lipinski definition) is 0. The Labute approximate surface area is 40.6 Å². The van der Waals surface area contributed by atoms with Crippen LogP contribution < -0.4 is 0 Å². The first kappa shape index (κ1) is 5.93. The topological polar surface area (TPSA) is 0 Å². The van der Waals surface area contributed by atoms with E-state index in [-0.39, 0.29) is 0 Å². The Morgan fingerprint density at radius 3 is 2.33 bits per heavy atom. The van der Waals surface area contributed by atoms with Gasteiger partial charge in [0.15, 0.2) is 0 Å². The van der Waals surface area contributed by atoms with Gasteiger partial charge in [-0.1, -0.05) is 0 Å². The summed E-state index contributed by atoms with van der Waals surface area (Å²) in [7, 11) is 5.16. The number of rotatable bonds is 2. The van der Waals surface area contributed by atoms with Crippen molar-refractivity contribution in [3.8, 4) is 0 Å². The van der Waals surface area contributed by atoms with Crippen molar-refractivity contribution in [1.29, 1.82) is 0 Å². The van der Waals surface area contributed by atoms with Crippen LogP contribution in [0.1, 0.15) is 20.3 Å². The second-order valence-electron chi connectivity index (χ2n) is 1.58. The van der Waals surface area contributed by atoms with Crippen molar-refractivity contribution in [1.82, 2.24) is 0 Å². The second kappa shape index (κ2) is 3.14. The van der Waals surface area contributed by atoms with E-state index in [0.29, 0.717) is 5.92 Å². The van der Waals surface area contributed by atoms with Crippen molar-refractivity contribution in [2.75, 3.05) is 0 Å². The van der Waals surface area contributed by atoms with Crippen LogP contribution in [0.5, 0.6) is 0 Å². The summed E-state index contributed by atoms with van der Waals surface area (Å²) in [4.78, 5) is 0. The van der Waals surface area contributed by atoms with Gasteiger partial charge in [0.1, 0.15) is 0 Å². The molecule has 0 N–H and O–H groups in total. The number of hydrogen-bond acceptors (Lipinski definition) is 0. The molecule has 0 saturated carbocycles. The third kappa shape index (κ3) is 2.19. The quantitative estimate of drug-likeness (QED) is 0.435. The van der Waals surface area contributed by atoms with Crippen molar-refractivity contribution in [3.63, 3.8) is 0 Å². The van der Waals surface area contributed by atoms with Crippen molar-refractivity contribution in [2.24, 2.45) is 5.92 Å². The van der Waals surface area contributed by atoms with Crippen LogP contribution in [0.3, 0.4) is 0 Å². The van der Waals surface area contributed by atoms with Gasteiger partial charge >= 0.3 is 39.6 Å². The van der Waals surface area contributed by atoms with Gasteiger partial charge in [-0.3, -0.25) is 0 Å². The minimum absolute atomic E-state index is 0.588. The molecule has 1 heteroatoms. The average molecular weight is 80.9 g/mol. The molecule has 0 bridgehead atoms. The molecular formula is C5H10B. The van der Waals surface area contributed by atoms with E-state index >= 15 is 0 Å². The van der Waals surface area contributed by atoms with E-state index in [1.54, 1.807) is 5.97 Å². The molecule has 0 aromatic rings. The summed E-state index contributed by atoms with van der Waals surface area (Å²) in [6.07, 6.45) is 1.15. The zero-order valence-electron chi connectivity index (χ0n) is 4.44. The van der Waals surface area contributed by atoms with Crippen LogP contribution in [0.15, 0.2) is 0 Å². The molecule has 0 fully saturated rings. The van der Waals surface area contributed by atoms with Gasteiger partial charge in [0.05, 0.1) is 0 Å². The van der Waals surface area contributed by atoms with Gasteiger partial charge in [0.2, 0.25) is 0 Å². The maximum atomic E-state index is 5.16. The van der Waals surface area contributed by atoms with Gasteiger partial charge < -0.3 is 0 Å². The van der Waals surface area contributed by atoms with Gasteiger partial charge in [-0.2, -0.15) is 0 Å². The molecule has 33 valence electrons. The molecule has 0 aliphatic rings. The van der Waals surface area contributed by atoms with Crippen LogP contribution in [-0.4, -0.2) is 13.5 Å². The van der Waals surface area contributed by atoms with Crippen molar-refractivity contribution >= 4 is 13.5 Å². The van der Waals surface area contributed by atoms with E-state index in [1.165, 1.54) is 0 Å². The minimum atomic E-state index is 0.588. The van der Waals surface area contributed by atoms with Crippen LogP contribution in [0, 0.1) is 5.92 Å². The van der Waals surface area contributed by atoms with E-state index in [9.17, 15) is 0 Å². The van der Waals surface area contributed by atoms with E-state index in [1.807, 2.05) is 0 Å². The third-order valence-electron chi connectivity index (χ3n) is 0.972. The van der Waals surface area contributed by atoms with Gasteiger partial charge in [-0.05, 0) is 0 Å². The van der Waals surface area contributed by atoms with Crippen LogP contribution in [0.4, 0.5) is 0 Å². The Hall–Kier alpha value is -0.0651. The molecule has 0 aromatic carbocycles. The first-order valence-corrected chi connectivity index (χ1v) is 2.36. The molecule has 0 spiro atoms. The molecule has 0 amide bonds. The van der Waals surface area contributed by atoms with Crippen LogP contribution in [0.2, 0.25) is 0 Å². The predicted molar refractivity (Wildman–Crippen MR) is 31.3 cm³/mol. The van der Waals surface area contributed by atoms with Crippen molar-refractivity contribution in [3.05, 3.63) is 0 Å². The SMILES string of the molecule is [B]=C[C@H](C)CC. The van der Waals surface area contributed by atoms with E-state index in [4.69, 9.17) is 7.49 Å². The van der Waals surface area contributed by atoms with Crippen LogP contribution in [0.25, 0.3) is 0 Å². The van der Waals surface area contributed by atoms with Gasteiger partial charge in [0, 0.05) is 0 Å². The van der Waals surface area contributed by atoms with E-state index in [2.05, 4.69) is 13.8 Å². The molecule has 0 rings (SSSR count). The summed E-state index contributed by atoms with van der Waals surface area (Å²) < 4.78 is 0. The molecule has 6 heavy (non-hydrogen) atoms. The van der Waals surface area contributed by atoms with Crippen molar-refractivity contribution in [2.45, 2.75) is 20.3 Å². The fraction of sp³-hybridized carbons (Fsp3) is 0.800. The third-order valence-corrected chi connectivity index (χ3v) is 0.972. The Kier molecular flexibility index (Phi) is 3.10. The summed E-state index contributed by atoms with van der Waals surface area (Å²) in [5.41, 5.74) is 0. The van der Waals surface area contributed by atoms with E-state index in [0.717, 1.165) is 6.42 Å². The summed E-state index contributed by atoms with van der Waals surface area (Å²) in [6, 6.07) is 0. The van der Waals surface area contributed by atoms with Gasteiger partial charge in [-0.25, -0.2) is 0 Å². The summed E-state index contributed by atoms with van der Waals surface area (Å²) in [6.45, 7) is 4.22. The normalized spacial score (nSPS) is 13.5. The second-order valence-corrected chi connectivity index (χ2v) is 1.58. The van der Waals surface area contributed by atoms with Crippen LogP contribution >= 0.6 is 0 Å². The molecular weight excluding hydrogens is 70.9 g/mol. The standard InChI is InChI=1S/C5H10B/c1-3-5(2)4-6/h4-5H,3H2,1-2H3/t5-/m1/s1. The fourth-order valence-corrected chi connectivity index (χ4v) is 0.136. The average Bonchev–Trinajstić information content (AvgIpc) is 1.65. The first-order valence-electron chi connectivity index (χ1n) is 2.36. The zero-order valence-corrected chi connectivity index (χ0v) is 4.44. The fourth-order valence-electron chi connectivity index (χ4n) is 0.136. The predicted octanol–water partition coefficient (Wildman–Crippen LogP) is 1.00. The van der Waals surface area contributed by atoms with Crippen LogP contribution in [-0.2, 0) is 0 Å².